The highest BCUT2D eigenvalue weighted by Gasteiger charge is 2.47. The van der Waals surface area contributed by atoms with Crippen LogP contribution in [0.15, 0.2) is 66.2 Å². The summed E-state index contributed by atoms with van der Waals surface area (Å²) >= 11 is 6.28. The largest absolute Gasteiger partial charge is 0.508 e. The molecular formula is C26H22ClNO6. The number of halogens is 1. The van der Waals surface area contributed by atoms with Crippen LogP contribution in [0.1, 0.15) is 22.7 Å². The third kappa shape index (κ3) is 3.95. The van der Waals surface area contributed by atoms with Gasteiger partial charge in [-0.05, 0) is 42.8 Å². The summed E-state index contributed by atoms with van der Waals surface area (Å²) in [7, 11) is 2.84. The Morgan fingerprint density at radius 2 is 1.65 bits per heavy atom. The lowest BCUT2D eigenvalue weighted by Crippen LogP contribution is -2.29. The zero-order chi connectivity index (χ0) is 24.6. The van der Waals surface area contributed by atoms with E-state index < -0.39 is 23.5 Å². The molecule has 4 rings (SSSR count). The van der Waals surface area contributed by atoms with Crippen molar-refractivity contribution in [3.8, 4) is 17.2 Å². The van der Waals surface area contributed by atoms with Crippen molar-refractivity contribution in [1.82, 2.24) is 0 Å². The molecule has 0 aliphatic carbocycles. The molecule has 0 saturated carbocycles. The van der Waals surface area contributed by atoms with Gasteiger partial charge in [0.25, 0.3) is 11.7 Å². The maximum Gasteiger partial charge on any atom is 0.300 e. The summed E-state index contributed by atoms with van der Waals surface area (Å²) in [5, 5.41) is 21.6. The van der Waals surface area contributed by atoms with Crippen molar-refractivity contribution in [3.63, 3.8) is 0 Å². The fourth-order valence-corrected chi connectivity index (χ4v) is 4.25. The third-order valence-corrected chi connectivity index (χ3v) is 5.97. The number of phenolic OH excluding ortho intramolecular Hbond substituents is 1. The van der Waals surface area contributed by atoms with Crippen molar-refractivity contribution < 1.29 is 29.3 Å². The number of benzene rings is 3. The number of aliphatic hydroxyl groups is 1. The van der Waals surface area contributed by atoms with Crippen LogP contribution < -0.4 is 14.4 Å². The lowest BCUT2D eigenvalue weighted by Gasteiger charge is -2.26. The average Bonchev–Trinajstić information content (AvgIpc) is 3.09. The molecule has 2 N–H and O–H groups in total. The van der Waals surface area contributed by atoms with E-state index in [1.807, 2.05) is 19.1 Å². The van der Waals surface area contributed by atoms with Crippen LogP contribution >= 0.6 is 11.6 Å². The van der Waals surface area contributed by atoms with Crippen molar-refractivity contribution in [2.45, 2.75) is 13.0 Å². The highest BCUT2D eigenvalue weighted by atomic mass is 35.5. The van der Waals surface area contributed by atoms with Gasteiger partial charge < -0.3 is 19.7 Å². The summed E-state index contributed by atoms with van der Waals surface area (Å²) in [4.78, 5) is 27.8. The monoisotopic (exact) mass is 479 g/mol. The predicted octanol–water partition coefficient (Wildman–Crippen LogP) is 5.00. The van der Waals surface area contributed by atoms with Gasteiger partial charge in [0.15, 0.2) is 0 Å². The number of phenols is 1. The Hall–Kier alpha value is -3.97. The molecule has 1 atom stereocenters. The lowest BCUT2D eigenvalue weighted by atomic mass is 9.94. The molecular weight excluding hydrogens is 458 g/mol. The van der Waals surface area contributed by atoms with Crippen LogP contribution in [-0.2, 0) is 9.59 Å². The van der Waals surface area contributed by atoms with Gasteiger partial charge in [0.05, 0.1) is 36.4 Å². The van der Waals surface area contributed by atoms with Gasteiger partial charge in [-0.1, -0.05) is 41.4 Å². The molecule has 3 aromatic rings. The van der Waals surface area contributed by atoms with Gasteiger partial charge >= 0.3 is 0 Å². The molecule has 0 radical (unpaired) electrons. The van der Waals surface area contributed by atoms with Crippen LogP contribution in [0.2, 0.25) is 5.02 Å². The molecule has 1 saturated heterocycles. The highest BCUT2D eigenvalue weighted by molar-refractivity contribution is 6.51. The number of hydrogen-bond donors (Lipinski definition) is 2. The second kappa shape index (κ2) is 9.11. The predicted molar refractivity (Wildman–Crippen MR) is 129 cm³/mol. The summed E-state index contributed by atoms with van der Waals surface area (Å²) in [5.41, 5.74) is 1.86. The minimum Gasteiger partial charge on any atom is -0.508 e. The fourth-order valence-electron chi connectivity index (χ4n) is 4.00. The Labute approximate surface area is 201 Å². The molecule has 3 aromatic carbocycles. The maximum atomic E-state index is 13.3. The standard InChI is InChI=1S/C26H22ClNO6/c1-14-7-9-16(10-8-14)28-23(15-5-4-6-17(29)11-15)22(25(31)26(28)32)24(30)18-12-19(27)21(34-3)13-20(18)33-2/h4-13,23,29-30H,1-3H3/b24-22+. The van der Waals surface area contributed by atoms with Gasteiger partial charge in [0.2, 0.25) is 0 Å². The zero-order valence-corrected chi connectivity index (χ0v) is 19.5. The minimum absolute atomic E-state index is 0.0444. The normalized spacial score (nSPS) is 17.2. The molecule has 1 aliphatic heterocycles. The number of hydrogen-bond acceptors (Lipinski definition) is 6. The highest BCUT2D eigenvalue weighted by Crippen LogP contribution is 2.45. The van der Waals surface area contributed by atoms with Crippen LogP contribution in [0.4, 0.5) is 5.69 Å². The maximum absolute atomic E-state index is 13.3. The van der Waals surface area contributed by atoms with E-state index in [-0.39, 0.29) is 27.7 Å². The topological polar surface area (TPSA) is 96.3 Å². The molecule has 1 heterocycles. The lowest BCUT2D eigenvalue weighted by molar-refractivity contribution is -0.132. The summed E-state index contributed by atoms with van der Waals surface area (Å²) in [6.45, 7) is 1.91. The van der Waals surface area contributed by atoms with E-state index in [0.717, 1.165) is 5.56 Å². The summed E-state index contributed by atoms with van der Waals surface area (Å²) < 4.78 is 10.6. The van der Waals surface area contributed by atoms with Crippen molar-refractivity contribution in [1.29, 1.82) is 0 Å². The van der Waals surface area contributed by atoms with Gasteiger partial charge in [0, 0.05) is 11.8 Å². The fraction of sp³-hybridized carbons (Fsp3) is 0.154. The van der Waals surface area contributed by atoms with Crippen LogP contribution in [0.5, 0.6) is 17.2 Å². The summed E-state index contributed by atoms with van der Waals surface area (Å²) in [5.74, 6) is -1.66. The van der Waals surface area contributed by atoms with Gasteiger partial charge in [-0.2, -0.15) is 0 Å². The number of carbonyl (C=O) groups excluding carboxylic acids is 2. The number of aromatic hydroxyl groups is 1. The molecule has 1 amide bonds. The molecule has 0 bridgehead atoms. The van der Waals surface area contributed by atoms with Gasteiger partial charge in [0.1, 0.15) is 23.0 Å². The Morgan fingerprint density at radius 3 is 2.26 bits per heavy atom. The molecule has 174 valence electrons. The Balaban J connectivity index is 1.99. The molecule has 7 nitrogen and oxygen atoms in total. The molecule has 0 spiro atoms. The molecule has 1 fully saturated rings. The van der Waals surface area contributed by atoms with Gasteiger partial charge in [-0.25, -0.2) is 0 Å². The smallest absolute Gasteiger partial charge is 0.300 e. The van der Waals surface area contributed by atoms with E-state index in [1.165, 1.54) is 43.4 Å². The number of ketones is 1. The number of aryl methyl sites for hydroxylation is 1. The van der Waals surface area contributed by atoms with E-state index in [0.29, 0.717) is 17.0 Å². The molecule has 1 unspecified atom stereocenters. The van der Waals surface area contributed by atoms with E-state index in [4.69, 9.17) is 21.1 Å². The van der Waals surface area contributed by atoms with Crippen molar-refractivity contribution >= 4 is 34.7 Å². The first kappa shape index (κ1) is 23.2. The van der Waals surface area contributed by atoms with Crippen molar-refractivity contribution in [2.24, 2.45) is 0 Å². The first-order valence-electron chi connectivity index (χ1n) is 10.3. The summed E-state index contributed by atoms with van der Waals surface area (Å²) in [6.07, 6.45) is 0. The van der Waals surface area contributed by atoms with Gasteiger partial charge in [-0.3, -0.25) is 14.5 Å². The van der Waals surface area contributed by atoms with E-state index in [9.17, 15) is 19.8 Å². The number of rotatable bonds is 5. The van der Waals surface area contributed by atoms with Crippen molar-refractivity contribution in [3.05, 3.63) is 87.9 Å². The van der Waals surface area contributed by atoms with Crippen LogP contribution in [0.3, 0.4) is 0 Å². The number of carbonyl (C=O) groups is 2. The minimum atomic E-state index is -1.000. The Bertz CT molecular complexity index is 1320. The summed E-state index contributed by atoms with van der Waals surface area (Å²) in [6, 6.07) is 15.2. The van der Waals surface area contributed by atoms with Gasteiger partial charge in [-0.15, -0.1) is 0 Å². The van der Waals surface area contributed by atoms with Crippen molar-refractivity contribution in [2.75, 3.05) is 19.1 Å². The third-order valence-electron chi connectivity index (χ3n) is 5.67. The first-order chi connectivity index (χ1) is 16.3. The number of aliphatic hydroxyl groups excluding tert-OH is 1. The molecule has 0 aromatic heterocycles. The Morgan fingerprint density at radius 1 is 0.971 bits per heavy atom. The van der Waals surface area contributed by atoms with Crippen LogP contribution in [-0.4, -0.2) is 36.1 Å². The number of amides is 1. The van der Waals surface area contributed by atoms with Crippen LogP contribution in [0.25, 0.3) is 5.76 Å². The molecule has 1 aliphatic rings. The van der Waals surface area contributed by atoms with E-state index >= 15 is 0 Å². The van der Waals surface area contributed by atoms with E-state index in [1.54, 1.807) is 24.3 Å². The SMILES string of the molecule is COc1cc(OC)c(/C(O)=C2\C(=O)C(=O)N(c3ccc(C)cc3)C2c2cccc(O)c2)cc1Cl. The number of ether oxygens (including phenoxy) is 2. The number of Topliss-reactive ketones (excluding diaryl/α,β-unsaturated/α-hetero) is 1. The second-order valence-electron chi connectivity index (χ2n) is 7.79. The zero-order valence-electron chi connectivity index (χ0n) is 18.7. The average molecular weight is 480 g/mol. The molecule has 8 heteroatoms. The molecule has 34 heavy (non-hydrogen) atoms. The quantitative estimate of drug-likeness (QED) is 0.304. The number of nitrogens with zero attached hydrogens (tertiary/aromatic N) is 1. The number of methoxy groups -OCH3 is 2. The second-order valence-corrected chi connectivity index (χ2v) is 8.19. The first-order valence-corrected chi connectivity index (χ1v) is 10.7. The number of anilines is 1. The van der Waals surface area contributed by atoms with Crippen LogP contribution in [0, 0.1) is 6.92 Å². The van der Waals surface area contributed by atoms with E-state index in [2.05, 4.69) is 0 Å². The Kier molecular flexibility index (Phi) is 6.22.